The van der Waals surface area contributed by atoms with Crippen molar-refractivity contribution in [2.45, 2.75) is 6.61 Å². The Kier molecular flexibility index (Phi) is 5.44. The Morgan fingerprint density at radius 3 is 2.43 bits per heavy atom. The minimum absolute atomic E-state index is 0.169. The van der Waals surface area contributed by atoms with Crippen molar-refractivity contribution in [3.05, 3.63) is 58.1 Å². The number of ether oxygens (including phenoxy) is 1. The lowest BCUT2D eigenvalue weighted by Gasteiger charge is -2.10. The van der Waals surface area contributed by atoms with E-state index >= 15 is 0 Å². The Hall–Kier alpha value is -1.75. The van der Waals surface area contributed by atoms with Crippen LogP contribution in [-0.2, 0) is 11.4 Å². The maximum Gasteiger partial charge on any atom is 0.262 e. The molecule has 0 atom stereocenters. The van der Waals surface area contributed by atoms with Gasteiger partial charge >= 0.3 is 0 Å². The molecule has 21 heavy (non-hydrogen) atoms. The van der Waals surface area contributed by atoms with Crippen LogP contribution in [0.5, 0.6) is 5.75 Å². The lowest BCUT2D eigenvalue weighted by molar-refractivity contribution is -0.118. The lowest BCUT2D eigenvalue weighted by atomic mass is 10.2. The fourth-order valence-electron chi connectivity index (χ4n) is 1.69. The molecule has 0 radical (unpaired) electrons. The molecule has 0 bridgehead atoms. The van der Waals surface area contributed by atoms with Gasteiger partial charge in [0.1, 0.15) is 5.75 Å². The van der Waals surface area contributed by atoms with Crippen molar-refractivity contribution in [2.75, 3.05) is 11.9 Å². The highest BCUT2D eigenvalue weighted by molar-refractivity contribution is 6.31. The van der Waals surface area contributed by atoms with Crippen LogP contribution in [0.2, 0.25) is 10.0 Å². The van der Waals surface area contributed by atoms with Crippen LogP contribution in [0.15, 0.2) is 42.5 Å². The minimum Gasteiger partial charge on any atom is -0.483 e. The van der Waals surface area contributed by atoms with Crippen LogP contribution in [0.3, 0.4) is 0 Å². The van der Waals surface area contributed by atoms with Gasteiger partial charge in [0, 0.05) is 21.3 Å². The molecule has 0 aromatic heterocycles. The van der Waals surface area contributed by atoms with E-state index in [0.717, 1.165) is 0 Å². The molecule has 2 N–H and O–H groups in total. The summed E-state index contributed by atoms with van der Waals surface area (Å²) in [6.07, 6.45) is 0. The standard InChI is InChI=1S/C15H13Cl2NO3/c16-11-1-4-13(5-2-11)18-15(20)9-21-14-6-3-12(17)7-10(14)8-19/h1-7,19H,8-9H2,(H,18,20). The molecule has 0 saturated carbocycles. The maximum atomic E-state index is 11.8. The first kappa shape index (κ1) is 15.6. The maximum absolute atomic E-state index is 11.8. The van der Waals surface area contributed by atoms with Crippen molar-refractivity contribution < 1.29 is 14.6 Å². The van der Waals surface area contributed by atoms with Crippen LogP contribution in [-0.4, -0.2) is 17.6 Å². The quantitative estimate of drug-likeness (QED) is 0.884. The van der Waals surface area contributed by atoms with E-state index in [-0.39, 0.29) is 19.1 Å². The molecule has 0 heterocycles. The highest BCUT2D eigenvalue weighted by atomic mass is 35.5. The molecule has 2 aromatic rings. The molecule has 110 valence electrons. The summed E-state index contributed by atoms with van der Waals surface area (Å²) in [5.74, 6) is 0.115. The zero-order valence-corrected chi connectivity index (χ0v) is 12.5. The summed E-state index contributed by atoms with van der Waals surface area (Å²) >= 11 is 11.6. The van der Waals surface area contributed by atoms with Gasteiger partial charge in [0.2, 0.25) is 0 Å². The zero-order valence-electron chi connectivity index (χ0n) is 11.0. The highest BCUT2D eigenvalue weighted by Crippen LogP contribution is 2.23. The van der Waals surface area contributed by atoms with Crippen molar-refractivity contribution in [3.63, 3.8) is 0 Å². The average Bonchev–Trinajstić information content (AvgIpc) is 2.48. The van der Waals surface area contributed by atoms with Crippen molar-refractivity contribution in [1.29, 1.82) is 0 Å². The lowest BCUT2D eigenvalue weighted by Crippen LogP contribution is -2.20. The van der Waals surface area contributed by atoms with E-state index < -0.39 is 0 Å². The largest absolute Gasteiger partial charge is 0.483 e. The molecule has 2 rings (SSSR count). The summed E-state index contributed by atoms with van der Waals surface area (Å²) < 4.78 is 5.38. The first-order valence-corrected chi connectivity index (χ1v) is 6.91. The third kappa shape index (κ3) is 4.63. The van der Waals surface area contributed by atoms with Crippen LogP contribution in [0.25, 0.3) is 0 Å². The molecular weight excluding hydrogens is 313 g/mol. The van der Waals surface area contributed by atoms with Crippen molar-refractivity contribution in [3.8, 4) is 5.75 Å². The smallest absolute Gasteiger partial charge is 0.262 e. The van der Waals surface area contributed by atoms with Crippen LogP contribution < -0.4 is 10.1 Å². The van der Waals surface area contributed by atoms with Crippen LogP contribution in [0.4, 0.5) is 5.69 Å². The number of carbonyl (C=O) groups excluding carboxylic acids is 1. The molecule has 0 aliphatic carbocycles. The second-order valence-corrected chi connectivity index (χ2v) is 5.13. The Morgan fingerprint density at radius 1 is 1.10 bits per heavy atom. The second-order valence-electron chi connectivity index (χ2n) is 4.25. The average molecular weight is 326 g/mol. The number of halogens is 2. The summed E-state index contributed by atoms with van der Waals surface area (Å²) in [7, 11) is 0. The van der Waals surface area contributed by atoms with E-state index in [2.05, 4.69) is 5.32 Å². The molecule has 2 aromatic carbocycles. The number of carbonyl (C=O) groups is 1. The van der Waals surface area contributed by atoms with Crippen LogP contribution in [0, 0.1) is 0 Å². The summed E-state index contributed by atoms with van der Waals surface area (Å²) in [5, 5.41) is 13.0. The minimum atomic E-state index is -0.309. The number of hydrogen-bond acceptors (Lipinski definition) is 3. The van der Waals surface area contributed by atoms with Gasteiger partial charge < -0.3 is 15.2 Å². The summed E-state index contributed by atoms with van der Waals surface area (Å²) in [6.45, 7) is -0.383. The van der Waals surface area contributed by atoms with Gasteiger partial charge in [0.05, 0.1) is 6.61 Å². The molecule has 0 unspecified atom stereocenters. The van der Waals surface area contributed by atoms with E-state index in [0.29, 0.717) is 27.0 Å². The number of hydrogen-bond donors (Lipinski definition) is 2. The van der Waals surface area contributed by atoms with Gasteiger partial charge in [0.15, 0.2) is 6.61 Å². The van der Waals surface area contributed by atoms with Gasteiger partial charge in [-0.1, -0.05) is 23.2 Å². The van der Waals surface area contributed by atoms with Gasteiger partial charge in [-0.3, -0.25) is 4.79 Å². The first-order chi connectivity index (χ1) is 10.1. The van der Waals surface area contributed by atoms with Crippen molar-refractivity contribution >= 4 is 34.8 Å². The number of rotatable bonds is 5. The molecule has 0 aliphatic heterocycles. The molecule has 0 saturated heterocycles. The Balaban J connectivity index is 1.93. The number of nitrogens with one attached hydrogen (secondary N) is 1. The fraction of sp³-hybridized carbons (Fsp3) is 0.133. The SMILES string of the molecule is O=C(COc1ccc(Cl)cc1CO)Nc1ccc(Cl)cc1. The van der Waals surface area contributed by atoms with Crippen molar-refractivity contribution in [2.24, 2.45) is 0 Å². The predicted molar refractivity (Wildman–Crippen MR) is 83.0 cm³/mol. The monoisotopic (exact) mass is 325 g/mol. The Labute approximate surface area is 132 Å². The molecule has 0 spiro atoms. The number of anilines is 1. The van der Waals surface area contributed by atoms with E-state index in [1.165, 1.54) is 0 Å². The molecule has 0 aliphatic rings. The number of aliphatic hydroxyl groups excluding tert-OH is 1. The van der Waals surface area contributed by atoms with Gasteiger partial charge in [-0.15, -0.1) is 0 Å². The fourth-order valence-corrected chi connectivity index (χ4v) is 2.01. The van der Waals surface area contributed by atoms with E-state index in [1.54, 1.807) is 42.5 Å². The first-order valence-electron chi connectivity index (χ1n) is 6.16. The normalized spacial score (nSPS) is 10.2. The topological polar surface area (TPSA) is 58.6 Å². The molecule has 0 fully saturated rings. The Morgan fingerprint density at radius 2 is 1.76 bits per heavy atom. The number of aliphatic hydroxyl groups is 1. The second kappa shape index (κ2) is 7.31. The zero-order chi connectivity index (χ0) is 15.2. The summed E-state index contributed by atoms with van der Waals surface area (Å²) in [6, 6.07) is 11.6. The third-order valence-electron chi connectivity index (χ3n) is 2.68. The molecule has 4 nitrogen and oxygen atoms in total. The molecular formula is C15H13Cl2NO3. The highest BCUT2D eigenvalue weighted by Gasteiger charge is 2.07. The number of benzene rings is 2. The van der Waals surface area contributed by atoms with Gasteiger partial charge in [0.25, 0.3) is 5.91 Å². The van der Waals surface area contributed by atoms with Gasteiger partial charge in [-0.2, -0.15) is 0 Å². The summed E-state index contributed by atoms with van der Waals surface area (Å²) in [4.78, 5) is 11.8. The summed E-state index contributed by atoms with van der Waals surface area (Å²) in [5.41, 5.74) is 1.16. The molecule has 6 heteroatoms. The van der Waals surface area contributed by atoms with Crippen LogP contribution in [0.1, 0.15) is 5.56 Å². The Bertz CT molecular complexity index is 629. The van der Waals surface area contributed by atoms with Crippen molar-refractivity contribution in [1.82, 2.24) is 0 Å². The van der Waals surface area contributed by atoms with Gasteiger partial charge in [-0.05, 0) is 42.5 Å². The molecule has 1 amide bonds. The number of amides is 1. The third-order valence-corrected chi connectivity index (χ3v) is 3.17. The predicted octanol–water partition coefficient (Wildman–Crippen LogP) is 3.50. The van der Waals surface area contributed by atoms with Gasteiger partial charge in [-0.25, -0.2) is 0 Å². The van der Waals surface area contributed by atoms with E-state index in [4.69, 9.17) is 27.9 Å². The van der Waals surface area contributed by atoms with Crippen LogP contribution >= 0.6 is 23.2 Å². The van der Waals surface area contributed by atoms with E-state index in [1.807, 2.05) is 0 Å². The van der Waals surface area contributed by atoms with E-state index in [9.17, 15) is 9.90 Å².